The molecule has 1 heterocycles. The van der Waals surface area contributed by atoms with E-state index in [9.17, 15) is 4.79 Å². The molecule has 1 amide bonds. The molecule has 1 aliphatic carbocycles. The maximum Gasteiger partial charge on any atom is 0.223 e. The zero-order valence-electron chi connectivity index (χ0n) is 13.1. The van der Waals surface area contributed by atoms with Crippen LogP contribution in [0, 0.1) is 11.8 Å². The Morgan fingerprint density at radius 1 is 1.19 bits per heavy atom. The minimum atomic E-state index is 0. The van der Waals surface area contributed by atoms with Gasteiger partial charge in [0.15, 0.2) is 0 Å². The van der Waals surface area contributed by atoms with Crippen molar-refractivity contribution in [1.29, 1.82) is 0 Å². The first-order valence-electron chi connectivity index (χ1n) is 7.91. The highest BCUT2D eigenvalue weighted by Crippen LogP contribution is 2.23. The van der Waals surface area contributed by atoms with E-state index in [1.54, 1.807) is 0 Å². The van der Waals surface area contributed by atoms with Gasteiger partial charge in [-0.2, -0.15) is 0 Å². The van der Waals surface area contributed by atoms with Crippen LogP contribution >= 0.6 is 24.8 Å². The van der Waals surface area contributed by atoms with Gasteiger partial charge < -0.3 is 16.0 Å². The van der Waals surface area contributed by atoms with Gasteiger partial charge in [-0.3, -0.25) is 4.79 Å². The lowest BCUT2D eigenvalue weighted by Crippen LogP contribution is -2.42. The summed E-state index contributed by atoms with van der Waals surface area (Å²) in [4.78, 5) is 14.5. The molecule has 21 heavy (non-hydrogen) atoms. The number of hydrogen-bond acceptors (Lipinski definition) is 3. The van der Waals surface area contributed by atoms with Gasteiger partial charge in [0.05, 0.1) is 0 Å². The summed E-state index contributed by atoms with van der Waals surface area (Å²) < 4.78 is 0. The van der Waals surface area contributed by atoms with Crippen LogP contribution in [0.3, 0.4) is 0 Å². The van der Waals surface area contributed by atoms with Crippen LogP contribution in [-0.4, -0.2) is 43.0 Å². The van der Waals surface area contributed by atoms with Crippen LogP contribution in [0.5, 0.6) is 0 Å². The van der Waals surface area contributed by atoms with Gasteiger partial charge >= 0.3 is 0 Å². The Morgan fingerprint density at radius 3 is 2.48 bits per heavy atom. The molecule has 2 aliphatic rings. The molecule has 0 bridgehead atoms. The quantitative estimate of drug-likeness (QED) is 0.825. The van der Waals surface area contributed by atoms with Crippen LogP contribution in [0.2, 0.25) is 0 Å². The minimum Gasteiger partial charge on any atom is -0.355 e. The van der Waals surface area contributed by atoms with Crippen molar-refractivity contribution < 1.29 is 4.79 Å². The number of piperidine rings is 1. The molecule has 0 spiro atoms. The number of likely N-dealkylation sites (tertiary alicyclic amines) is 1. The second-order valence-corrected chi connectivity index (χ2v) is 6.44. The normalized spacial score (nSPS) is 27.3. The first-order valence-corrected chi connectivity index (χ1v) is 7.91. The fourth-order valence-electron chi connectivity index (χ4n) is 3.23. The lowest BCUT2D eigenvalue weighted by molar-refractivity contribution is -0.126. The van der Waals surface area contributed by atoms with Crippen molar-refractivity contribution in [2.45, 2.75) is 51.5 Å². The van der Waals surface area contributed by atoms with Crippen LogP contribution < -0.4 is 11.1 Å². The van der Waals surface area contributed by atoms with Gasteiger partial charge in [0.2, 0.25) is 5.91 Å². The summed E-state index contributed by atoms with van der Waals surface area (Å²) in [6, 6.07) is 0.230. The van der Waals surface area contributed by atoms with Crippen molar-refractivity contribution in [2.75, 3.05) is 26.2 Å². The van der Waals surface area contributed by atoms with Crippen LogP contribution in [-0.2, 0) is 4.79 Å². The molecule has 0 aromatic rings. The van der Waals surface area contributed by atoms with Crippen LogP contribution in [0.1, 0.15) is 45.4 Å². The molecule has 1 aliphatic heterocycles. The first kappa shape index (κ1) is 21.0. The van der Waals surface area contributed by atoms with E-state index in [2.05, 4.69) is 17.1 Å². The highest BCUT2D eigenvalue weighted by atomic mass is 35.5. The Bertz CT molecular complexity index is 297. The number of nitrogens with one attached hydrogen (secondary N) is 1. The van der Waals surface area contributed by atoms with Crippen LogP contribution in [0.15, 0.2) is 0 Å². The zero-order chi connectivity index (χ0) is 13.7. The van der Waals surface area contributed by atoms with E-state index in [0.29, 0.717) is 0 Å². The van der Waals surface area contributed by atoms with E-state index in [4.69, 9.17) is 5.73 Å². The van der Waals surface area contributed by atoms with Crippen LogP contribution in [0.4, 0.5) is 0 Å². The molecular formula is C15H31Cl2N3O. The van der Waals surface area contributed by atoms with Crippen molar-refractivity contribution in [1.82, 2.24) is 10.2 Å². The van der Waals surface area contributed by atoms with E-state index in [1.807, 2.05) is 0 Å². The highest BCUT2D eigenvalue weighted by molar-refractivity contribution is 5.85. The van der Waals surface area contributed by atoms with Crippen molar-refractivity contribution in [3.05, 3.63) is 0 Å². The maximum atomic E-state index is 12.1. The van der Waals surface area contributed by atoms with Gasteiger partial charge in [-0.1, -0.05) is 13.3 Å². The molecule has 2 atom stereocenters. The van der Waals surface area contributed by atoms with E-state index >= 15 is 0 Å². The number of halogens is 2. The SMILES string of the molecule is CC1CCN(CCNC(=O)C2CCCC(N)C2)CC1.Cl.Cl. The smallest absolute Gasteiger partial charge is 0.223 e. The average molecular weight is 340 g/mol. The standard InChI is InChI=1S/C15H29N3O.2ClH/c1-12-5-8-18(9-6-12)10-7-17-15(19)13-3-2-4-14(16)11-13;;/h12-14H,2-11,16H2,1H3,(H,17,19);2*1H. The van der Waals surface area contributed by atoms with Crippen molar-refractivity contribution >= 4 is 30.7 Å². The van der Waals surface area contributed by atoms with Crippen molar-refractivity contribution in [3.63, 3.8) is 0 Å². The third kappa shape index (κ3) is 7.18. The van der Waals surface area contributed by atoms with E-state index in [1.165, 1.54) is 25.9 Å². The molecule has 1 saturated heterocycles. The van der Waals surface area contributed by atoms with Crippen molar-refractivity contribution in [2.24, 2.45) is 17.6 Å². The summed E-state index contributed by atoms with van der Waals surface area (Å²) in [7, 11) is 0. The number of carbonyl (C=O) groups is 1. The Labute approximate surface area is 141 Å². The molecule has 0 radical (unpaired) electrons. The molecule has 2 rings (SSSR count). The monoisotopic (exact) mass is 339 g/mol. The summed E-state index contributed by atoms with van der Waals surface area (Å²) in [6.45, 7) is 6.48. The predicted molar refractivity (Wildman–Crippen MR) is 92.3 cm³/mol. The number of rotatable bonds is 4. The molecule has 2 unspecified atom stereocenters. The molecule has 126 valence electrons. The fourth-order valence-corrected chi connectivity index (χ4v) is 3.23. The summed E-state index contributed by atoms with van der Waals surface area (Å²) in [6.07, 6.45) is 6.66. The summed E-state index contributed by atoms with van der Waals surface area (Å²) in [5.74, 6) is 1.25. The highest BCUT2D eigenvalue weighted by Gasteiger charge is 2.25. The largest absolute Gasteiger partial charge is 0.355 e. The van der Waals surface area contributed by atoms with E-state index in [0.717, 1.165) is 44.7 Å². The number of amides is 1. The Hall–Kier alpha value is -0.0300. The van der Waals surface area contributed by atoms with Gasteiger partial charge in [0.25, 0.3) is 0 Å². The molecule has 1 saturated carbocycles. The number of nitrogens with two attached hydrogens (primary N) is 1. The fraction of sp³-hybridized carbons (Fsp3) is 0.933. The van der Waals surface area contributed by atoms with Crippen molar-refractivity contribution in [3.8, 4) is 0 Å². The van der Waals surface area contributed by atoms with Gasteiger partial charge in [-0.05, 0) is 51.1 Å². The van der Waals surface area contributed by atoms with E-state index < -0.39 is 0 Å². The number of hydrogen-bond donors (Lipinski definition) is 2. The van der Waals surface area contributed by atoms with Gasteiger partial charge in [0.1, 0.15) is 0 Å². The molecule has 6 heteroatoms. The minimum absolute atomic E-state index is 0. The lowest BCUT2D eigenvalue weighted by atomic mass is 9.85. The van der Waals surface area contributed by atoms with Crippen LogP contribution in [0.25, 0.3) is 0 Å². The Kier molecular flexibility index (Phi) is 10.6. The molecule has 2 fully saturated rings. The Morgan fingerprint density at radius 2 is 1.86 bits per heavy atom. The second-order valence-electron chi connectivity index (χ2n) is 6.44. The topological polar surface area (TPSA) is 58.4 Å². The average Bonchev–Trinajstić information content (AvgIpc) is 2.41. The third-order valence-electron chi connectivity index (χ3n) is 4.69. The second kappa shape index (κ2) is 10.7. The third-order valence-corrected chi connectivity index (χ3v) is 4.69. The molecular weight excluding hydrogens is 309 g/mol. The van der Waals surface area contributed by atoms with Gasteiger partial charge in [0, 0.05) is 25.0 Å². The zero-order valence-corrected chi connectivity index (χ0v) is 14.7. The molecule has 4 nitrogen and oxygen atoms in total. The molecule has 3 N–H and O–H groups in total. The Balaban J connectivity index is 0.00000200. The predicted octanol–water partition coefficient (Wildman–Crippen LogP) is 2.20. The number of nitrogens with zero attached hydrogens (tertiary/aromatic N) is 1. The summed E-state index contributed by atoms with van der Waals surface area (Å²) in [5.41, 5.74) is 5.93. The molecule has 0 aromatic heterocycles. The maximum absolute atomic E-state index is 12.1. The summed E-state index contributed by atoms with van der Waals surface area (Å²) in [5, 5.41) is 3.10. The summed E-state index contributed by atoms with van der Waals surface area (Å²) >= 11 is 0. The lowest BCUT2D eigenvalue weighted by Gasteiger charge is -2.30. The van der Waals surface area contributed by atoms with Gasteiger partial charge in [-0.15, -0.1) is 24.8 Å². The van der Waals surface area contributed by atoms with E-state index in [-0.39, 0.29) is 42.7 Å². The molecule has 0 aromatic carbocycles. The number of carbonyl (C=O) groups excluding carboxylic acids is 1. The first-order chi connectivity index (χ1) is 9.15. The van der Waals surface area contributed by atoms with Gasteiger partial charge in [-0.25, -0.2) is 0 Å².